The number of carbonyl (C=O) groups excluding carboxylic acids is 1. The van der Waals surface area contributed by atoms with Crippen LogP contribution in [0.25, 0.3) is 22.7 Å². The number of aromatic nitrogens is 2. The van der Waals surface area contributed by atoms with Gasteiger partial charge in [-0.2, -0.15) is 17.9 Å². The number of alkyl halides is 3. The number of pyridine rings is 1. The van der Waals surface area contributed by atoms with Crippen LogP contribution in [0, 0.1) is 12.1 Å². The third-order valence-corrected chi connectivity index (χ3v) is 5.25. The summed E-state index contributed by atoms with van der Waals surface area (Å²) >= 11 is 0. The Morgan fingerprint density at radius 1 is 1.03 bits per heavy atom. The molecule has 0 unspecified atom stereocenters. The molecule has 0 aliphatic heterocycles. The zero-order chi connectivity index (χ0) is 24.5. The highest BCUT2D eigenvalue weighted by molar-refractivity contribution is 5.98. The van der Waals surface area contributed by atoms with E-state index in [0.717, 1.165) is 17.8 Å². The average molecular weight is 467 g/mol. The lowest BCUT2D eigenvalue weighted by Crippen LogP contribution is -2.38. The van der Waals surface area contributed by atoms with Gasteiger partial charge in [-0.1, -0.05) is 48.0 Å². The van der Waals surface area contributed by atoms with E-state index in [-0.39, 0.29) is 21.9 Å². The number of benzene rings is 2. The zero-order valence-electron chi connectivity index (χ0n) is 18.3. The van der Waals surface area contributed by atoms with E-state index < -0.39 is 23.8 Å². The van der Waals surface area contributed by atoms with Gasteiger partial charge in [-0.15, -0.1) is 0 Å². The standard InChI is InChI=1S/C25H20F3N3O3/c1-15-8-10-18(11-9-15)24-30-21(17-6-4-3-5-7-17)22(34-24)23(32)29-16(2)19-12-13-20(25(26,27)28)31(33)14-19/h3-14,16H,1-2H3,(H,29,32)/t16-/m1/s1. The minimum Gasteiger partial charge on any atom is -0.618 e. The number of aryl methyl sites for hydroxylation is 1. The van der Waals surface area contributed by atoms with Gasteiger partial charge >= 0.3 is 6.18 Å². The number of nitrogens with zero attached hydrogens (tertiary/aromatic N) is 2. The molecule has 2 aromatic heterocycles. The van der Waals surface area contributed by atoms with Gasteiger partial charge in [0, 0.05) is 22.8 Å². The fourth-order valence-electron chi connectivity index (χ4n) is 3.40. The Morgan fingerprint density at radius 2 is 1.71 bits per heavy atom. The van der Waals surface area contributed by atoms with Gasteiger partial charge in [0.05, 0.1) is 6.04 Å². The van der Waals surface area contributed by atoms with E-state index in [1.165, 1.54) is 0 Å². The second-order valence-corrected chi connectivity index (χ2v) is 7.80. The molecule has 4 rings (SSSR count). The van der Waals surface area contributed by atoms with Crippen LogP contribution in [0.15, 0.2) is 77.3 Å². The molecule has 0 saturated heterocycles. The number of halogens is 3. The van der Waals surface area contributed by atoms with E-state index in [1.807, 2.05) is 37.3 Å². The van der Waals surface area contributed by atoms with Crippen LogP contribution in [-0.2, 0) is 6.18 Å². The van der Waals surface area contributed by atoms with Crippen molar-refractivity contribution in [3.63, 3.8) is 0 Å². The molecule has 2 aromatic carbocycles. The maximum atomic E-state index is 13.1. The maximum Gasteiger partial charge on any atom is 0.478 e. The van der Waals surface area contributed by atoms with Gasteiger partial charge in [-0.25, -0.2) is 4.98 Å². The summed E-state index contributed by atoms with van der Waals surface area (Å²) in [6.07, 6.45) is -3.98. The fourth-order valence-corrected chi connectivity index (χ4v) is 3.40. The molecule has 2 heterocycles. The van der Waals surface area contributed by atoms with Gasteiger partial charge in [0.15, 0.2) is 6.20 Å². The van der Waals surface area contributed by atoms with Gasteiger partial charge in [0.25, 0.3) is 11.6 Å². The molecule has 0 spiro atoms. The van der Waals surface area contributed by atoms with Crippen LogP contribution < -0.4 is 10.0 Å². The molecule has 0 radical (unpaired) electrons. The molecule has 1 amide bonds. The van der Waals surface area contributed by atoms with Gasteiger partial charge in [0.1, 0.15) is 5.69 Å². The van der Waals surface area contributed by atoms with Crippen LogP contribution in [0.1, 0.15) is 40.3 Å². The smallest absolute Gasteiger partial charge is 0.478 e. The molecule has 6 nitrogen and oxygen atoms in total. The lowest BCUT2D eigenvalue weighted by molar-refractivity contribution is -0.629. The van der Waals surface area contributed by atoms with Crippen LogP contribution in [0.3, 0.4) is 0 Å². The average Bonchev–Trinajstić information content (AvgIpc) is 3.25. The van der Waals surface area contributed by atoms with Crippen LogP contribution in [0.2, 0.25) is 0 Å². The van der Waals surface area contributed by atoms with Crippen molar-refractivity contribution in [1.29, 1.82) is 0 Å². The first-order valence-corrected chi connectivity index (χ1v) is 10.4. The van der Waals surface area contributed by atoms with Crippen molar-refractivity contribution in [1.82, 2.24) is 10.3 Å². The Labute approximate surface area is 193 Å². The quantitative estimate of drug-likeness (QED) is 0.312. The second-order valence-electron chi connectivity index (χ2n) is 7.80. The molecular weight excluding hydrogens is 447 g/mol. The monoisotopic (exact) mass is 467 g/mol. The van der Waals surface area contributed by atoms with Gasteiger partial charge < -0.3 is 14.9 Å². The Kier molecular flexibility index (Phi) is 6.10. The molecule has 0 saturated carbocycles. The summed E-state index contributed by atoms with van der Waals surface area (Å²) in [6, 6.07) is 17.5. The molecule has 0 aliphatic rings. The highest BCUT2D eigenvalue weighted by Crippen LogP contribution is 2.30. The molecule has 174 valence electrons. The SMILES string of the molecule is Cc1ccc(-c2nc(-c3ccccc3)c(C(=O)N[C@H](C)c3ccc(C(F)(F)F)[n+]([O-])c3)o2)cc1. The van der Waals surface area contributed by atoms with Crippen molar-refractivity contribution in [2.24, 2.45) is 0 Å². The van der Waals surface area contributed by atoms with Crippen LogP contribution in [0.4, 0.5) is 13.2 Å². The van der Waals surface area contributed by atoms with E-state index in [2.05, 4.69) is 10.3 Å². The largest absolute Gasteiger partial charge is 0.618 e. The molecule has 34 heavy (non-hydrogen) atoms. The van der Waals surface area contributed by atoms with E-state index in [9.17, 15) is 23.2 Å². The van der Waals surface area contributed by atoms with Crippen LogP contribution in [-0.4, -0.2) is 10.9 Å². The molecule has 1 N–H and O–H groups in total. The topological polar surface area (TPSA) is 82.1 Å². The number of rotatable bonds is 5. The third kappa shape index (κ3) is 4.78. The first kappa shape index (κ1) is 23.0. The summed E-state index contributed by atoms with van der Waals surface area (Å²) in [5.74, 6) is -0.409. The number of hydrogen-bond acceptors (Lipinski definition) is 4. The summed E-state index contributed by atoms with van der Waals surface area (Å²) in [5, 5.41) is 14.5. The minimum atomic E-state index is -4.77. The summed E-state index contributed by atoms with van der Waals surface area (Å²) in [5.41, 5.74) is 1.60. The Balaban J connectivity index is 1.66. The van der Waals surface area contributed by atoms with Crippen molar-refractivity contribution < 1.29 is 27.1 Å². The van der Waals surface area contributed by atoms with Crippen molar-refractivity contribution in [2.45, 2.75) is 26.1 Å². The number of amides is 1. The predicted molar refractivity (Wildman–Crippen MR) is 118 cm³/mol. The number of nitrogens with one attached hydrogen (secondary N) is 1. The first-order valence-electron chi connectivity index (χ1n) is 10.4. The Hall–Kier alpha value is -4.14. The normalized spacial score (nSPS) is 12.4. The number of oxazole rings is 1. The molecule has 9 heteroatoms. The lowest BCUT2D eigenvalue weighted by atomic mass is 10.1. The van der Waals surface area contributed by atoms with Gasteiger partial charge in [-0.3, -0.25) is 4.79 Å². The van der Waals surface area contributed by atoms with Crippen molar-refractivity contribution in [2.75, 3.05) is 0 Å². The summed E-state index contributed by atoms with van der Waals surface area (Å²) in [7, 11) is 0. The highest BCUT2D eigenvalue weighted by Gasteiger charge is 2.39. The minimum absolute atomic E-state index is 0.0458. The van der Waals surface area contributed by atoms with Crippen LogP contribution in [0.5, 0.6) is 0 Å². The predicted octanol–water partition coefficient (Wildman–Crippen LogP) is 5.46. The summed E-state index contributed by atoms with van der Waals surface area (Å²) in [6.45, 7) is 3.50. The zero-order valence-corrected chi connectivity index (χ0v) is 18.3. The van der Waals surface area contributed by atoms with E-state index in [1.54, 1.807) is 31.2 Å². The Bertz CT molecular complexity index is 1320. The maximum absolute atomic E-state index is 13.1. The number of carbonyl (C=O) groups is 1. The lowest BCUT2D eigenvalue weighted by Gasteiger charge is -2.15. The molecule has 1 atom stereocenters. The molecular formula is C25H20F3N3O3. The van der Waals surface area contributed by atoms with E-state index in [0.29, 0.717) is 22.9 Å². The van der Waals surface area contributed by atoms with Gasteiger partial charge in [0.2, 0.25) is 11.7 Å². The first-order chi connectivity index (χ1) is 16.1. The third-order valence-electron chi connectivity index (χ3n) is 5.25. The Morgan fingerprint density at radius 3 is 2.32 bits per heavy atom. The number of hydrogen-bond donors (Lipinski definition) is 1. The van der Waals surface area contributed by atoms with E-state index >= 15 is 0 Å². The van der Waals surface area contributed by atoms with Gasteiger partial charge in [-0.05, 0) is 32.0 Å². The van der Waals surface area contributed by atoms with Crippen molar-refractivity contribution in [3.8, 4) is 22.7 Å². The van der Waals surface area contributed by atoms with Crippen LogP contribution >= 0.6 is 0 Å². The summed E-state index contributed by atoms with van der Waals surface area (Å²) < 4.78 is 44.2. The highest BCUT2D eigenvalue weighted by atomic mass is 19.4. The molecule has 0 fully saturated rings. The second kappa shape index (κ2) is 9.01. The van der Waals surface area contributed by atoms with E-state index in [4.69, 9.17) is 4.42 Å². The molecule has 4 aromatic rings. The van der Waals surface area contributed by atoms with Crippen molar-refractivity contribution >= 4 is 5.91 Å². The molecule has 0 aliphatic carbocycles. The van der Waals surface area contributed by atoms with Crippen molar-refractivity contribution in [3.05, 3.63) is 101 Å². The summed E-state index contributed by atoms with van der Waals surface area (Å²) in [4.78, 5) is 17.7. The fraction of sp³-hybridized carbons (Fsp3) is 0.160. The molecule has 0 bridgehead atoms.